The highest BCUT2D eigenvalue weighted by Gasteiger charge is 2.17. The first-order valence-electron chi connectivity index (χ1n) is 10.7. The van der Waals surface area contributed by atoms with E-state index in [0.29, 0.717) is 26.3 Å². The second kappa shape index (κ2) is 12.5. The van der Waals surface area contributed by atoms with E-state index in [-0.39, 0.29) is 11.5 Å². The van der Waals surface area contributed by atoms with E-state index in [2.05, 4.69) is 4.57 Å². The quantitative estimate of drug-likeness (QED) is 0.295. The summed E-state index contributed by atoms with van der Waals surface area (Å²) in [6, 6.07) is 11.2. The maximum Gasteiger partial charge on any atom is 0.349 e. The van der Waals surface area contributed by atoms with Crippen molar-refractivity contribution in [3.8, 4) is 11.8 Å². The van der Waals surface area contributed by atoms with Crippen LogP contribution in [0.2, 0.25) is 0 Å². The topological polar surface area (TPSA) is 93.8 Å². The third-order valence-electron chi connectivity index (χ3n) is 5.18. The van der Waals surface area contributed by atoms with Gasteiger partial charge in [0, 0.05) is 38.6 Å². The van der Waals surface area contributed by atoms with Crippen molar-refractivity contribution in [1.82, 2.24) is 9.47 Å². The maximum absolute atomic E-state index is 12.4. The highest BCUT2D eigenvalue weighted by molar-refractivity contribution is 5.99. The molecule has 8 heteroatoms. The van der Waals surface area contributed by atoms with Crippen molar-refractivity contribution in [3.63, 3.8) is 0 Å². The minimum Gasteiger partial charge on any atom is -0.494 e. The molecule has 1 amide bonds. The summed E-state index contributed by atoms with van der Waals surface area (Å²) >= 11 is 0. The Labute approximate surface area is 195 Å². The number of carbonyl (C=O) groups excluding carboxylic acids is 2. The minimum atomic E-state index is -0.831. The van der Waals surface area contributed by atoms with E-state index >= 15 is 0 Å². The molecule has 0 aliphatic heterocycles. The summed E-state index contributed by atoms with van der Waals surface area (Å²) < 4.78 is 17.7. The van der Waals surface area contributed by atoms with Crippen molar-refractivity contribution in [3.05, 3.63) is 58.4 Å². The summed E-state index contributed by atoms with van der Waals surface area (Å²) in [4.78, 5) is 26.3. The third kappa shape index (κ3) is 7.22. The SMILES string of the molecule is CCOc1ccc(CN(C)C(=O)COC(=O)/C(C#N)=C/c2cc(C)n(CCOC)c2C)cc1. The third-order valence-corrected chi connectivity index (χ3v) is 5.18. The van der Waals surface area contributed by atoms with Gasteiger partial charge in [-0.05, 0) is 56.2 Å². The summed E-state index contributed by atoms with van der Waals surface area (Å²) in [7, 11) is 3.26. The van der Waals surface area contributed by atoms with Gasteiger partial charge >= 0.3 is 5.97 Å². The molecule has 0 aliphatic rings. The number of amides is 1. The number of ether oxygens (including phenoxy) is 3. The van der Waals surface area contributed by atoms with E-state index in [1.54, 1.807) is 14.2 Å². The second-order valence-electron chi connectivity index (χ2n) is 7.54. The Hall–Kier alpha value is -3.57. The minimum absolute atomic E-state index is 0.163. The number of esters is 1. The Balaban J connectivity index is 1.97. The zero-order valence-electron chi connectivity index (χ0n) is 19.9. The van der Waals surface area contributed by atoms with Gasteiger partial charge in [-0.25, -0.2) is 4.79 Å². The lowest BCUT2D eigenvalue weighted by atomic mass is 10.1. The standard InChI is InChI=1S/C25H31N3O5/c1-6-32-23-9-7-20(8-10-23)16-27(4)24(29)17-33-25(30)22(15-26)14-21-13-18(2)28(19(21)3)11-12-31-5/h7-10,13-14H,6,11-12,16-17H2,1-5H3/b22-14+. The molecule has 0 saturated heterocycles. The van der Waals surface area contributed by atoms with Crippen LogP contribution in [0.15, 0.2) is 35.9 Å². The van der Waals surface area contributed by atoms with E-state index in [1.165, 1.54) is 11.0 Å². The molecule has 176 valence electrons. The molecule has 33 heavy (non-hydrogen) atoms. The predicted molar refractivity (Wildman–Crippen MR) is 124 cm³/mol. The number of nitriles is 1. The van der Waals surface area contributed by atoms with Gasteiger partial charge in [0.15, 0.2) is 6.61 Å². The summed E-state index contributed by atoms with van der Waals surface area (Å²) in [5.74, 6) is -0.436. The molecule has 0 aliphatic carbocycles. The fourth-order valence-corrected chi connectivity index (χ4v) is 3.33. The van der Waals surface area contributed by atoms with Crippen molar-refractivity contribution < 1.29 is 23.8 Å². The van der Waals surface area contributed by atoms with Crippen molar-refractivity contribution in [2.75, 3.05) is 34.0 Å². The van der Waals surface area contributed by atoms with Crippen LogP contribution >= 0.6 is 0 Å². The molecule has 0 unspecified atom stereocenters. The van der Waals surface area contributed by atoms with Crippen LogP contribution in [0.25, 0.3) is 6.08 Å². The van der Waals surface area contributed by atoms with Crippen molar-refractivity contribution >= 4 is 18.0 Å². The number of aromatic nitrogens is 1. The molecule has 0 fully saturated rings. The van der Waals surface area contributed by atoms with E-state index in [9.17, 15) is 14.9 Å². The van der Waals surface area contributed by atoms with Crippen LogP contribution in [0.4, 0.5) is 0 Å². The molecule has 0 N–H and O–H groups in total. The first-order valence-corrected chi connectivity index (χ1v) is 10.7. The van der Waals surface area contributed by atoms with Crippen LogP contribution in [-0.4, -0.2) is 55.3 Å². The number of methoxy groups -OCH3 is 1. The lowest BCUT2D eigenvalue weighted by Crippen LogP contribution is -2.31. The molecule has 8 nitrogen and oxygen atoms in total. The highest BCUT2D eigenvalue weighted by Crippen LogP contribution is 2.19. The van der Waals surface area contributed by atoms with Gasteiger partial charge < -0.3 is 23.7 Å². The average molecular weight is 454 g/mol. The number of carbonyl (C=O) groups is 2. The van der Waals surface area contributed by atoms with Crippen LogP contribution in [0, 0.1) is 25.2 Å². The van der Waals surface area contributed by atoms with Crippen LogP contribution in [0.3, 0.4) is 0 Å². The number of rotatable bonds is 11. The number of hydrogen-bond acceptors (Lipinski definition) is 6. The van der Waals surface area contributed by atoms with Gasteiger partial charge in [-0.1, -0.05) is 12.1 Å². The van der Waals surface area contributed by atoms with Gasteiger partial charge in [-0.15, -0.1) is 0 Å². The molecular formula is C25H31N3O5. The van der Waals surface area contributed by atoms with E-state index in [4.69, 9.17) is 14.2 Å². The van der Waals surface area contributed by atoms with Gasteiger partial charge in [-0.2, -0.15) is 5.26 Å². The first-order chi connectivity index (χ1) is 15.8. The Morgan fingerprint density at radius 1 is 1.21 bits per heavy atom. The predicted octanol–water partition coefficient (Wildman–Crippen LogP) is 3.26. The van der Waals surface area contributed by atoms with Crippen LogP contribution in [-0.2, 0) is 32.2 Å². The molecule has 1 aromatic heterocycles. The lowest BCUT2D eigenvalue weighted by Gasteiger charge is -2.17. The van der Waals surface area contributed by atoms with Crippen LogP contribution in [0.5, 0.6) is 5.75 Å². The van der Waals surface area contributed by atoms with Gasteiger partial charge in [0.25, 0.3) is 5.91 Å². The van der Waals surface area contributed by atoms with Crippen molar-refractivity contribution in [2.45, 2.75) is 33.9 Å². The lowest BCUT2D eigenvalue weighted by molar-refractivity contribution is -0.148. The molecule has 2 rings (SSSR count). The average Bonchev–Trinajstić information content (AvgIpc) is 3.07. The Kier molecular flexibility index (Phi) is 9.70. The summed E-state index contributed by atoms with van der Waals surface area (Å²) in [6.45, 7) is 7.49. The number of likely N-dealkylation sites (N-methyl/N-ethyl adjacent to an activating group) is 1. The monoisotopic (exact) mass is 453 g/mol. The Morgan fingerprint density at radius 3 is 2.52 bits per heavy atom. The molecule has 0 saturated carbocycles. The molecule has 1 aromatic carbocycles. The summed E-state index contributed by atoms with van der Waals surface area (Å²) in [5.41, 5.74) is 3.41. The fourth-order valence-electron chi connectivity index (χ4n) is 3.33. The van der Waals surface area contributed by atoms with Crippen molar-refractivity contribution in [2.24, 2.45) is 0 Å². The van der Waals surface area contributed by atoms with E-state index in [1.807, 2.05) is 57.2 Å². The largest absolute Gasteiger partial charge is 0.494 e. The Bertz CT molecular complexity index is 1030. The molecular weight excluding hydrogens is 422 g/mol. The molecule has 0 bridgehead atoms. The second-order valence-corrected chi connectivity index (χ2v) is 7.54. The van der Waals surface area contributed by atoms with Gasteiger partial charge in [0.1, 0.15) is 17.4 Å². The zero-order valence-corrected chi connectivity index (χ0v) is 19.9. The zero-order chi connectivity index (χ0) is 24.4. The van der Waals surface area contributed by atoms with Gasteiger partial charge in [0.2, 0.25) is 0 Å². The molecule has 0 atom stereocenters. The maximum atomic E-state index is 12.4. The van der Waals surface area contributed by atoms with Crippen LogP contribution < -0.4 is 4.74 Å². The number of nitrogens with zero attached hydrogens (tertiary/aromatic N) is 3. The summed E-state index contributed by atoms with van der Waals surface area (Å²) in [5, 5.41) is 9.44. The smallest absolute Gasteiger partial charge is 0.349 e. The van der Waals surface area contributed by atoms with Gasteiger partial charge in [-0.3, -0.25) is 4.79 Å². The summed E-state index contributed by atoms with van der Waals surface area (Å²) in [6.07, 6.45) is 1.49. The fraction of sp³-hybridized carbons (Fsp3) is 0.400. The molecule has 2 aromatic rings. The van der Waals surface area contributed by atoms with E-state index < -0.39 is 12.6 Å². The highest BCUT2D eigenvalue weighted by atomic mass is 16.5. The molecule has 0 spiro atoms. The normalized spacial score (nSPS) is 11.1. The number of hydrogen-bond donors (Lipinski definition) is 0. The van der Waals surface area contributed by atoms with Crippen molar-refractivity contribution in [1.29, 1.82) is 5.26 Å². The molecule has 0 radical (unpaired) electrons. The van der Waals surface area contributed by atoms with Crippen LogP contribution in [0.1, 0.15) is 29.4 Å². The first kappa shape index (κ1) is 25.7. The van der Waals surface area contributed by atoms with Gasteiger partial charge in [0.05, 0.1) is 13.2 Å². The number of benzene rings is 1. The number of aryl methyl sites for hydroxylation is 1. The van der Waals surface area contributed by atoms with E-state index in [0.717, 1.165) is 28.3 Å². The Morgan fingerprint density at radius 2 is 1.91 bits per heavy atom. The molecule has 1 heterocycles.